The maximum atomic E-state index is 13.0. The molecule has 0 aliphatic heterocycles. The third-order valence-electron chi connectivity index (χ3n) is 4.20. The second kappa shape index (κ2) is 9.57. The molecule has 0 spiro atoms. The van der Waals surface area contributed by atoms with Gasteiger partial charge in [0.25, 0.3) is 17.4 Å². The molecule has 0 aliphatic carbocycles. The van der Waals surface area contributed by atoms with E-state index in [2.05, 4.69) is 30.6 Å². The van der Waals surface area contributed by atoms with Crippen molar-refractivity contribution in [3.8, 4) is 5.75 Å². The van der Waals surface area contributed by atoms with Gasteiger partial charge in [0.05, 0.1) is 6.20 Å². The SMILES string of the molecule is CC(Cc1nc(C(=O)NCc2ccc(F)cc2)c(O)c(=O)[nH]1)NC(=O)c1cnccn1. The molecule has 4 N–H and O–H groups in total. The Bertz CT molecular complexity index is 1130. The lowest BCUT2D eigenvalue weighted by atomic mass is 10.2. The van der Waals surface area contributed by atoms with Gasteiger partial charge >= 0.3 is 0 Å². The normalized spacial score (nSPS) is 11.5. The second-order valence-corrected chi connectivity index (χ2v) is 6.69. The van der Waals surface area contributed by atoms with Gasteiger partial charge in [-0.3, -0.25) is 19.4 Å². The lowest BCUT2D eigenvalue weighted by Crippen LogP contribution is -2.36. The second-order valence-electron chi connectivity index (χ2n) is 6.69. The fraction of sp³-hybridized carbons (Fsp3) is 0.200. The van der Waals surface area contributed by atoms with Crippen molar-refractivity contribution in [1.29, 1.82) is 0 Å². The van der Waals surface area contributed by atoms with Crippen LogP contribution in [0, 0.1) is 5.82 Å². The maximum Gasteiger partial charge on any atom is 0.293 e. The van der Waals surface area contributed by atoms with Crippen molar-refractivity contribution in [2.45, 2.75) is 25.9 Å². The number of aromatic hydroxyl groups is 1. The van der Waals surface area contributed by atoms with Crippen molar-refractivity contribution < 1.29 is 19.1 Å². The van der Waals surface area contributed by atoms with Crippen molar-refractivity contribution in [2.75, 3.05) is 0 Å². The predicted molar refractivity (Wildman–Crippen MR) is 107 cm³/mol. The van der Waals surface area contributed by atoms with E-state index in [0.29, 0.717) is 5.56 Å². The molecule has 0 aliphatic rings. The molecule has 2 heterocycles. The van der Waals surface area contributed by atoms with E-state index in [-0.39, 0.29) is 24.5 Å². The first-order valence-corrected chi connectivity index (χ1v) is 9.25. The lowest BCUT2D eigenvalue weighted by Gasteiger charge is -2.14. The summed E-state index contributed by atoms with van der Waals surface area (Å²) in [5, 5.41) is 15.1. The van der Waals surface area contributed by atoms with Crippen LogP contribution in [0.2, 0.25) is 0 Å². The molecule has 0 saturated carbocycles. The van der Waals surface area contributed by atoms with Gasteiger partial charge in [0, 0.05) is 31.4 Å². The van der Waals surface area contributed by atoms with Crippen LogP contribution in [0.25, 0.3) is 0 Å². The van der Waals surface area contributed by atoms with Gasteiger partial charge in [0.2, 0.25) is 5.75 Å². The number of nitrogens with zero attached hydrogens (tertiary/aromatic N) is 3. The molecule has 10 nitrogen and oxygen atoms in total. The van der Waals surface area contributed by atoms with Crippen molar-refractivity contribution in [1.82, 2.24) is 30.6 Å². The summed E-state index contributed by atoms with van der Waals surface area (Å²) in [4.78, 5) is 50.7. The van der Waals surface area contributed by atoms with Crippen LogP contribution in [0.4, 0.5) is 4.39 Å². The number of halogens is 1. The number of aromatic amines is 1. The molecule has 0 radical (unpaired) electrons. The summed E-state index contributed by atoms with van der Waals surface area (Å²) in [5.74, 6) is -2.36. The van der Waals surface area contributed by atoms with E-state index in [1.165, 1.54) is 42.9 Å². The number of hydrogen-bond acceptors (Lipinski definition) is 7. The number of amides is 2. The fourth-order valence-electron chi connectivity index (χ4n) is 2.69. The Kier molecular flexibility index (Phi) is 6.65. The number of carbonyl (C=O) groups is 2. The van der Waals surface area contributed by atoms with Crippen LogP contribution in [0.15, 0.2) is 47.7 Å². The smallest absolute Gasteiger partial charge is 0.293 e. The van der Waals surface area contributed by atoms with E-state index in [1.54, 1.807) is 6.92 Å². The van der Waals surface area contributed by atoms with E-state index < -0.39 is 40.7 Å². The van der Waals surface area contributed by atoms with Crippen molar-refractivity contribution in [2.24, 2.45) is 0 Å². The van der Waals surface area contributed by atoms with Crippen LogP contribution in [0.5, 0.6) is 5.75 Å². The zero-order valence-electron chi connectivity index (χ0n) is 16.4. The van der Waals surface area contributed by atoms with E-state index in [9.17, 15) is 23.9 Å². The van der Waals surface area contributed by atoms with Crippen molar-refractivity contribution in [3.63, 3.8) is 0 Å². The molecular weight excluding hydrogens is 407 g/mol. The molecule has 2 aromatic heterocycles. The Balaban J connectivity index is 1.68. The highest BCUT2D eigenvalue weighted by Crippen LogP contribution is 2.10. The molecule has 1 unspecified atom stereocenters. The summed E-state index contributed by atoms with van der Waals surface area (Å²) in [6.45, 7) is 1.72. The summed E-state index contributed by atoms with van der Waals surface area (Å²) in [5.41, 5.74) is -0.584. The lowest BCUT2D eigenvalue weighted by molar-refractivity contribution is 0.0926. The average molecular weight is 426 g/mol. The van der Waals surface area contributed by atoms with E-state index in [4.69, 9.17) is 0 Å². The summed E-state index contributed by atoms with van der Waals surface area (Å²) < 4.78 is 13.0. The monoisotopic (exact) mass is 426 g/mol. The summed E-state index contributed by atoms with van der Waals surface area (Å²) >= 11 is 0. The summed E-state index contributed by atoms with van der Waals surface area (Å²) in [6, 6.07) is 5.01. The van der Waals surface area contributed by atoms with E-state index >= 15 is 0 Å². The Hall–Kier alpha value is -4.15. The number of carbonyl (C=O) groups excluding carboxylic acids is 2. The number of H-pyrrole nitrogens is 1. The molecule has 1 aromatic carbocycles. The Labute approximate surface area is 175 Å². The molecule has 3 aromatic rings. The molecule has 31 heavy (non-hydrogen) atoms. The Morgan fingerprint density at radius 3 is 2.61 bits per heavy atom. The summed E-state index contributed by atoms with van der Waals surface area (Å²) in [6.07, 6.45) is 4.22. The summed E-state index contributed by atoms with van der Waals surface area (Å²) in [7, 11) is 0. The zero-order chi connectivity index (χ0) is 22.4. The van der Waals surface area contributed by atoms with Crippen molar-refractivity contribution >= 4 is 11.8 Å². The van der Waals surface area contributed by atoms with Gasteiger partial charge in [-0.05, 0) is 24.6 Å². The number of hydrogen-bond donors (Lipinski definition) is 4. The van der Waals surface area contributed by atoms with Gasteiger partial charge in [-0.2, -0.15) is 0 Å². The van der Waals surface area contributed by atoms with Crippen LogP contribution in [0.1, 0.15) is 39.3 Å². The highest BCUT2D eigenvalue weighted by molar-refractivity contribution is 5.94. The molecule has 1 atom stereocenters. The minimum Gasteiger partial charge on any atom is -0.501 e. The van der Waals surface area contributed by atoms with Gasteiger partial charge in [-0.15, -0.1) is 0 Å². The maximum absolute atomic E-state index is 13.0. The number of aromatic nitrogens is 4. The molecular formula is C20H19FN6O4. The van der Waals surface area contributed by atoms with E-state index in [0.717, 1.165) is 0 Å². The Morgan fingerprint density at radius 1 is 1.19 bits per heavy atom. The topological polar surface area (TPSA) is 150 Å². The van der Waals surface area contributed by atoms with Crippen LogP contribution in [-0.2, 0) is 13.0 Å². The highest BCUT2D eigenvalue weighted by Gasteiger charge is 2.19. The largest absolute Gasteiger partial charge is 0.501 e. The van der Waals surface area contributed by atoms with Crippen LogP contribution < -0.4 is 16.2 Å². The van der Waals surface area contributed by atoms with Gasteiger partial charge < -0.3 is 20.7 Å². The molecule has 0 fully saturated rings. The third-order valence-corrected chi connectivity index (χ3v) is 4.20. The number of nitrogens with one attached hydrogen (secondary N) is 3. The molecule has 2 amide bonds. The first-order valence-electron chi connectivity index (χ1n) is 9.25. The van der Waals surface area contributed by atoms with Gasteiger partial charge in [-0.25, -0.2) is 14.4 Å². The minimum atomic E-state index is -0.885. The molecule has 0 saturated heterocycles. The minimum absolute atomic E-state index is 0.0485. The Morgan fingerprint density at radius 2 is 1.94 bits per heavy atom. The third kappa shape index (κ3) is 5.69. The fourth-order valence-corrected chi connectivity index (χ4v) is 2.69. The first-order chi connectivity index (χ1) is 14.8. The number of benzene rings is 1. The molecule has 160 valence electrons. The quantitative estimate of drug-likeness (QED) is 0.434. The standard InChI is InChI=1S/C20H19FN6O4/c1-11(25-18(29)14-10-22-6-7-23-14)8-15-26-16(17(28)20(31)27-15)19(30)24-9-12-2-4-13(21)5-3-12/h2-7,10-11,28H,8-9H2,1H3,(H,24,30)(H,25,29)(H,26,27,31). The first kappa shape index (κ1) is 21.6. The van der Waals surface area contributed by atoms with E-state index in [1.807, 2.05) is 0 Å². The van der Waals surface area contributed by atoms with Crippen LogP contribution >= 0.6 is 0 Å². The number of rotatable bonds is 7. The predicted octanol–water partition coefficient (Wildman–Crippen LogP) is 0.696. The molecule has 3 rings (SSSR count). The average Bonchev–Trinajstić information content (AvgIpc) is 2.76. The highest BCUT2D eigenvalue weighted by atomic mass is 19.1. The van der Waals surface area contributed by atoms with Gasteiger partial charge in [0.1, 0.15) is 17.3 Å². The van der Waals surface area contributed by atoms with Crippen LogP contribution in [0.3, 0.4) is 0 Å². The van der Waals surface area contributed by atoms with Gasteiger partial charge in [-0.1, -0.05) is 12.1 Å². The molecule has 0 bridgehead atoms. The van der Waals surface area contributed by atoms with Gasteiger partial charge in [0.15, 0.2) is 5.69 Å². The zero-order valence-corrected chi connectivity index (χ0v) is 16.4. The van der Waals surface area contributed by atoms with Crippen LogP contribution in [-0.4, -0.2) is 42.9 Å². The van der Waals surface area contributed by atoms with Crippen molar-refractivity contribution in [3.05, 3.63) is 81.8 Å². The molecule has 11 heteroatoms.